The molecule has 0 aliphatic heterocycles. The van der Waals surface area contributed by atoms with Crippen molar-refractivity contribution in [1.29, 1.82) is 0 Å². The van der Waals surface area contributed by atoms with Gasteiger partial charge in [0.2, 0.25) is 0 Å². The number of nitrogens with two attached hydrogens (primary N) is 1. The van der Waals surface area contributed by atoms with Gasteiger partial charge in [0.25, 0.3) is 5.91 Å². The summed E-state index contributed by atoms with van der Waals surface area (Å²) in [7, 11) is 3.16. The Morgan fingerprint density at radius 2 is 1.90 bits per heavy atom. The van der Waals surface area contributed by atoms with Crippen molar-refractivity contribution in [2.24, 2.45) is 5.16 Å². The number of benzene rings is 2. The lowest BCUT2D eigenvalue weighted by molar-refractivity contribution is 0.103. The van der Waals surface area contributed by atoms with E-state index in [1.54, 1.807) is 50.8 Å². The van der Waals surface area contributed by atoms with Crippen LogP contribution in [0.3, 0.4) is 0 Å². The van der Waals surface area contributed by atoms with Crippen molar-refractivity contribution in [3.63, 3.8) is 0 Å². The van der Waals surface area contributed by atoms with E-state index >= 15 is 0 Å². The molecular formula is C21H21N3O4S. The van der Waals surface area contributed by atoms with Crippen LogP contribution in [0.2, 0.25) is 0 Å². The highest BCUT2D eigenvalue weighted by Crippen LogP contribution is 2.27. The number of carbonyl (C=O) groups excluding carboxylic acids is 1. The number of para-hydroxylation sites is 2. The monoisotopic (exact) mass is 411 g/mol. The van der Waals surface area contributed by atoms with E-state index in [0.717, 1.165) is 10.4 Å². The fraction of sp³-hybridized carbons (Fsp3) is 0.143. The summed E-state index contributed by atoms with van der Waals surface area (Å²) in [6.45, 7) is 0.259. The van der Waals surface area contributed by atoms with Crippen LogP contribution in [-0.4, -0.2) is 26.3 Å². The minimum Gasteiger partial charge on any atom is -0.493 e. The quantitative estimate of drug-likeness (QED) is 0.330. The van der Waals surface area contributed by atoms with Gasteiger partial charge in [-0.1, -0.05) is 17.3 Å². The lowest BCUT2D eigenvalue weighted by atomic mass is 10.2. The van der Waals surface area contributed by atoms with E-state index in [-0.39, 0.29) is 12.5 Å². The number of rotatable bonds is 8. The number of ether oxygens (including phenoxy) is 2. The standard InChI is InChI=1S/C21H21N3O4S/c1-26-18-9-7-14(11-19(18)27-2)12-23-28-13-15-8-10-20(29-15)21(25)24-17-6-4-3-5-16(17)22/h3-12H,13,22H2,1-2H3,(H,24,25)/b23-12+. The first-order valence-corrected chi connectivity index (χ1v) is 9.54. The third kappa shape index (κ3) is 5.26. The summed E-state index contributed by atoms with van der Waals surface area (Å²) in [5, 5.41) is 6.77. The molecule has 0 aliphatic carbocycles. The highest BCUT2D eigenvalue weighted by atomic mass is 32.1. The number of hydrogen-bond donors (Lipinski definition) is 2. The van der Waals surface area contributed by atoms with Gasteiger partial charge in [-0.15, -0.1) is 11.3 Å². The Bertz CT molecular complexity index is 1020. The second kappa shape index (κ2) is 9.61. The van der Waals surface area contributed by atoms with Gasteiger partial charge in [0, 0.05) is 10.4 Å². The van der Waals surface area contributed by atoms with Crippen LogP contribution in [0.5, 0.6) is 11.5 Å². The van der Waals surface area contributed by atoms with Crippen molar-refractivity contribution in [3.8, 4) is 11.5 Å². The van der Waals surface area contributed by atoms with Crippen molar-refractivity contribution in [3.05, 3.63) is 69.9 Å². The second-order valence-electron chi connectivity index (χ2n) is 5.93. The fourth-order valence-corrected chi connectivity index (χ4v) is 3.31. The molecule has 0 radical (unpaired) electrons. The van der Waals surface area contributed by atoms with E-state index < -0.39 is 0 Å². The Morgan fingerprint density at radius 1 is 1.10 bits per heavy atom. The smallest absolute Gasteiger partial charge is 0.265 e. The highest BCUT2D eigenvalue weighted by molar-refractivity contribution is 7.14. The summed E-state index contributed by atoms with van der Waals surface area (Å²) < 4.78 is 10.5. The molecule has 1 aromatic heterocycles. The van der Waals surface area contributed by atoms with E-state index in [9.17, 15) is 4.79 Å². The number of nitrogens with zero attached hydrogens (tertiary/aromatic N) is 1. The summed E-state index contributed by atoms with van der Waals surface area (Å²) in [6.07, 6.45) is 1.58. The van der Waals surface area contributed by atoms with E-state index in [1.165, 1.54) is 11.3 Å². The average Bonchev–Trinajstić information content (AvgIpc) is 3.22. The first kappa shape index (κ1) is 20.2. The number of anilines is 2. The van der Waals surface area contributed by atoms with Gasteiger partial charge < -0.3 is 25.4 Å². The van der Waals surface area contributed by atoms with Crippen LogP contribution < -0.4 is 20.5 Å². The summed E-state index contributed by atoms with van der Waals surface area (Å²) in [6, 6.07) is 16.1. The maximum absolute atomic E-state index is 12.4. The Morgan fingerprint density at radius 3 is 2.66 bits per heavy atom. The normalized spacial score (nSPS) is 10.7. The van der Waals surface area contributed by atoms with Gasteiger partial charge in [-0.3, -0.25) is 4.79 Å². The van der Waals surface area contributed by atoms with Gasteiger partial charge in [0.05, 0.1) is 36.7 Å². The fourth-order valence-electron chi connectivity index (χ4n) is 2.50. The molecule has 0 atom stereocenters. The molecule has 29 heavy (non-hydrogen) atoms. The number of thiophene rings is 1. The van der Waals surface area contributed by atoms with Crippen LogP contribution in [-0.2, 0) is 11.4 Å². The molecule has 8 heteroatoms. The molecule has 1 heterocycles. The molecule has 150 valence electrons. The van der Waals surface area contributed by atoms with Gasteiger partial charge in [-0.2, -0.15) is 0 Å². The first-order valence-electron chi connectivity index (χ1n) is 8.72. The van der Waals surface area contributed by atoms with Crippen LogP contribution in [0.15, 0.2) is 59.8 Å². The van der Waals surface area contributed by atoms with Gasteiger partial charge >= 0.3 is 0 Å². The Balaban J connectivity index is 1.55. The van der Waals surface area contributed by atoms with Crippen molar-refractivity contribution in [1.82, 2.24) is 0 Å². The number of carbonyl (C=O) groups is 1. The van der Waals surface area contributed by atoms with Gasteiger partial charge in [0.15, 0.2) is 18.1 Å². The molecule has 0 aliphatic rings. The zero-order valence-corrected chi connectivity index (χ0v) is 16.9. The number of hydrogen-bond acceptors (Lipinski definition) is 7. The predicted octanol–water partition coefficient (Wildman–Crippen LogP) is 4.15. The molecule has 0 bridgehead atoms. The SMILES string of the molecule is COc1ccc(/C=N/OCc2ccc(C(=O)Nc3ccccc3N)s2)cc1OC. The summed E-state index contributed by atoms with van der Waals surface area (Å²) in [5.74, 6) is 1.05. The molecule has 0 saturated heterocycles. The molecule has 0 fully saturated rings. The molecule has 2 aromatic carbocycles. The summed E-state index contributed by atoms with van der Waals surface area (Å²) >= 11 is 1.34. The van der Waals surface area contributed by atoms with Gasteiger partial charge in [0.1, 0.15) is 0 Å². The zero-order chi connectivity index (χ0) is 20.6. The van der Waals surface area contributed by atoms with E-state index in [2.05, 4.69) is 10.5 Å². The van der Waals surface area contributed by atoms with Gasteiger partial charge in [-0.05, 0) is 42.5 Å². The van der Waals surface area contributed by atoms with E-state index in [4.69, 9.17) is 20.0 Å². The number of methoxy groups -OCH3 is 2. The maximum Gasteiger partial charge on any atom is 0.265 e. The average molecular weight is 411 g/mol. The zero-order valence-electron chi connectivity index (χ0n) is 16.0. The number of amides is 1. The molecule has 0 spiro atoms. The van der Waals surface area contributed by atoms with E-state index in [0.29, 0.717) is 27.8 Å². The minimum atomic E-state index is -0.215. The minimum absolute atomic E-state index is 0.215. The topological polar surface area (TPSA) is 95.2 Å². The third-order valence-corrected chi connectivity index (χ3v) is 5.04. The highest BCUT2D eigenvalue weighted by Gasteiger charge is 2.11. The maximum atomic E-state index is 12.4. The third-order valence-electron chi connectivity index (χ3n) is 3.99. The Hall–Kier alpha value is -3.52. The largest absolute Gasteiger partial charge is 0.493 e. The van der Waals surface area contributed by atoms with Crippen LogP contribution >= 0.6 is 11.3 Å². The molecule has 3 aromatic rings. The Labute approximate surface area is 172 Å². The molecule has 3 N–H and O–H groups in total. The number of nitrogen functional groups attached to an aromatic ring is 1. The predicted molar refractivity (Wildman–Crippen MR) is 115 cm³/mol. The van der Waals surface area contributed by atoms with Crippen molar-refractivity contribution in [2.75, 3.05) is 25.3 Å². The number of nitrogens with one attached hydrogen (secondary N) is 1. The molecule has 1 amide bonds. The van der Waals surface area contributed by atoms with Crippen LogP contribution in [0.4, 0.5) is 11.4 Å². The summed E-state index contributed by atoms with van der Waals surface area (Å²) in [4.78, 5) is 19.1. The lowest BCUT2D eigenvalue weighted by Gasteiger charge is -2.07. The van der Waals surface area contributed by atoms with Crippen LogP contribution in [0.1, 0.15) is 20.1 Å². The molecule has 0 unspecified atom stereocenters. The molecular weight excluding hydrogens is 390 g/mol. The first-order chi connectivity index (χ1) is 14.1. The van der Waals surface area contributed by atoms with Gasteiger partial charge in [-0.25, -0.2) is 0 Å². The van der Waals surface area contributed by atoms with Crippen LogP contribution in [0.25, 0.3) is 0 Å². The Kier molecular flexibility index (Phi) is 6.70. The second-order valence-corrected chi connectivity index (χ2v) is 7.10. The lowest BCUT2D eigenvalue weighted by Crippen LogP contribution is -2.11. The van der Waals surface area contributed by atoms with Crippen LogP contribution in [0, 0.1) is 0 Å². The molecule has 3 rings (SSSR count). The molecule has 0 saturated carbocycles. The van der Waals surface area contributed by atoms with E-state index in [1.807, 2.05) is 24.3 Å². The van der Waals surface area contributed by atoms with Crippen molar-refractivity contribution in [2.45, 2.75) is 6.61 Å². The van der Waals surface area contributed by atoms with Crippen molar-refractivity contribution < 1.29 is 19.1 Å². The summed E-state index contributed by atoms with van der Waals surface area (Å²) in [5.41, 5.74) is 7.77. The molecule has 7 nitrogen and oxygen atoms in total. The van der Waals surface area contributed by atoms with Crippen molar-refractivity contribution >= 4 is 34.8 Å². The number of oxime groups is 1.